The van der Waals surface area contributed by atoms with Crippen LogP contribution in [0.25, 0.3) is 0 Å². The van der Waals surface area contributed by atoms with Crippen molar-refractivity contribution in [3.63, 3.8) is 0 Å². The number of urea groups is 1. The lowest BCUT2D eigenvalue weighted by Gasteiger charge is -2.24. The molecule has 2 amide bonds. The number of halogens is 3. The average Bonchev–Trinajstić information content (AvgIpc) is 2.93. The Bertz CT molecular complexity index is 1010. The number of rotatable bonds is 3. The van der Waals surface area contributed by atoms with Crippen molar-refractivity contribution in [1.29, 1.82) is 0 Å². The molecule has 162 valence electrons. The van der Waals surface area contributed by atoms with E-state index in [1.165, 1.54) is 35.2 Å². The first-order valence-corrected chi connectivity index (χ1v) is 11.2. The molecule has 0 aromatic heterocycles. The lowest BCUT2D eigenvalue weighted by Crippen LogP contribution is -2.38. The Labute approximate surface area is 173 Å². The van der Waals surface area contributed by atoms with Crippen molar-refractivity contribution in [2.24, 2.45) is 0 Å². The number of alkyl halides is 3. The van der Waals surface area contributed by atoms with E-state index in [1.807, 2.05) is 4.90 Å². The summed E-state index contributed by atoms with van der Waals surface area (Å²) in [6.45, 7) is 1.85. The Balaban J connectivity index is 1.66. The van der Waals surface area contributed by atoms with Crippen LogP contribution in [0.1, 0.15) is 12.0 Å². The van der Waals surface area contributed by atoms with Crippen molar-refractivity contribution in [2.75, 3.05) is 42.7 Å². The summed E-state index contributed by atoms with van der Waals surface area (Å²) < 4.78 is 62.6. The van der Waals surface area contributed by atoms with Crippen LogP contribution in [0.5, 0.6) is 0 Å². The maximum Gasteiger partial charge on any atom is 0.418 e. The maximum atomic E-state index is 13.1. The van der Waals surface area contributed by atoms with E-state index in [0.717, 1.165) is 18.0 Å². The quantitative estimate of drug-likeness (QED) is 0.786. The number of para-hydroxylation sites is 1. The number of anilines is 2. The van der Waals surface area contributed by atoms with Crippen molar-refractivity contribution in [2.45, 2.75) is 17.5 Å². The summed E-state index contributed by atoms with van der Waals surface area (Å²) in [5.41, 5.74) is -0.333. The molecule has 1 aliphatic rings. The summed E-state index contributed by atoms with van der Waals surface area (Å²) in [5, 5.41) is 2.38. The molecule has 0 unspecified atom stereocenters. The minimum absolute atomic E-state index is 0.227. The molecule has 1 heterocycles. The van der Waals surface area contributed by atoms with E-state index >= 15 is 0 Å². The van der Waals surface area contributed by atoms with Crippen molar-refractivity contribution < 1.29 is 26.4 Å². The van der Waals surface area contributed by atoms with Crippen LogP contribution in [0, 0.1) is 0 Å². The van der Waals surface area contributed by atoms with Crippen LogP contribution >= 0.6 is 0 Å². The van der Waals surface area contributed by atoms with Gasteiger partial charge >= 0.3 is 12.2 Å². The summed E-state index contributed by atoms with van der Waals surface area (Å²) in [5.74, 6) is 0. The molecule has 6 nitrogen and oxygen atoms in total. The fraction of sp³-hybridized carbons (Fsp3) is 0.350. The van der Waals surface area contributed by atoms with Gasteiger partial charge in [-0.15, -0.1) is 0 Å². The molecule has 1 aliphatic heterocycles. The zero-order valence-corrected chi connectivity index (χ0v) is 17.1. The minimum Gasteiger partial charge on any atom is -0.370 e. The van der Waals surface area contributed by atoms with Gasteiger partial charge < -0.3 is 15.1 Å². The maximum absolute atomic E-state index is 13.1. The molecule has 1 saturated heterocycles. The van der Waals surface area contributed by atoms with Crippen LogP contribution in [-0.2, 0) is 16.0 Å². The molecule has 30 heavy (non-hydrogen) atoms. The standard InChI is InChI=1S/C20H22F3N3O3S/c1-30(28,29)16-9-7-15(8-10-16)25-11-4-12-26(14-13-25)19(27)24-18-6-3-2-5-17(18)20(21,22)23/h2-3,5-10H,4,11-14H2,1H3,(H,24,27). The molecule has 2 aromatic carbocycles. The third-order valence-electron chi connectivity index (χ3n) is 4.89. The zero-order chi connectivity index (χ0) is 21.9. The van der Waals surface area contributed by atoms with Gasteiger partial charge in [0, 0.05) is 38.1 Å². The van der Waals surface area contributed by atoms with E-state index in [4.69, 9.17) is 0 Å². The number of benzene rings is 2. The number of nitrogens with one attached hydrogen (secondary N) is 1. The van der Waals surface area contributed by atoms with Gasteiger partial charge in [0.25, 0.3) is 0 Å². The SMILES string of the molecule is CS(=O)(=O)c1ccc(N2CCCN(C(=O)Nc3ccccc3C(F)(F)F)CC2)cc1. The number of sulfone groups is 1. The zero-order valence-electron chi connectivity index (χ0n) is 16.3. The Morgan fingerprint density at radius 2 is 1.63 bits per heavy atom. The summed E-state index contributed by atoms with van der Waals surface area (Å²) in [7, 11) is -3.28. The normalized spacial score (nSPS) is 15.6. The highest BCUT2D eigenvalue weighted by molar-refractivity contribution is 7.90. The predicted octanol–water partition coefficient (Wildman–Crippen LogP) is 3.85. The van der Waals surface area contributed by atoms with Crippen LogP contribution in [-0.4, -0.2) is 51.8 Å². The summed E-state index contributed by atoms with van der Waals surface area (Å²) in [4.78, 5) is 16.3. The molecular formula is C20H22F3N3O3S. The first-order valence-electron chi connectivity index (χ1n) is 9.33. The second kappa shape index (κ2) is 8.55. The van der Waals surface area contributed by atoms with Crippen molar-refractivity contribution in [1.82, 2.24) is 4.90 Å². The lowest BCUT2D eigenvalue weighted by molar-refractivity contribution is -0.136. The monoisotopic (exact) mass is 441 g/mol. The largest absolute Gasteiger partial charge is 0.418 e. The lowest BCUT2D eigenvalue weighted by atomic mass is 10.1. The number of hydrogen-bond acceptors (Lipinski definition) is 4. The van der Waals surface area contributed by atoms with E-state index in [2.05, 4.69) is 5.32 Å². The van der Waals surface area contributed by atoms with Gasteiger partial charge in [-0.25, -0.2) is 13.2 Å². The molecule has 10 heteroatoms. The number of carbonyl (C=O) groups is 1. The third-order valence-corrected chi connectivity index (χ3v) is 6.02. The molecule has 0 atom stereocenters. The van der Waals surface area contributed by atoms with E-state index < -0.39 is 27.6 Å². The number of hydrogen-bond donors (Lipinski definition) is 1. The van der Waals surface area contributed by atoms with Crippen LogP contribution in [0.3, 0.4) is 0 Å². The van der Waals surface area contributed by atoms with Crippen LogP contribution in [0.4, 0.5) is 29.3 Å². The van der Waals surface area contributed by atoms with Gasteiger partial charge in [0.1, 0.15) is 0 Å². The third kappa shape index (κ3) is 5.24. The average molecular weight is 441 g/mol. The highest BCUT2D eigenvalue weighted by Crippen LogP contribution is 2.34. The molecule has 0 saturated carbocycles. The van der Waals surface area contributed by atoms with Crippen LogP contribution < -0.4 is 10.2 Å². The minimum atomic E-state index is -4.56. The summed E-state index contributed by atoms with van der Waals surface area (Å²) in [6.07, 6.45) is -2.79. The summed E-state index contributed by atoms with van der Waals surface area (Å²) >= 11 is 0. The van der Waals surface area contributed by atoms with Crippen LogP contribution in [0.2, 0.25) is 0 Å². The predicted molar refractivity (Wildman–Crippen MR) is 108 cm³/mol. The highest BCUT2D eigenvalue weighted by Gasteiger charge is 2.34. The van der Waals surface area contributed by atoms with E-state index in [9.17, 15) is 26.4 Å². The second-order valence-corrected chi connectivity index (χ2v) is 9.08. The highest BCUT2D eigenvalue weighted by atomic mass is 32.2. The van der Waals surface area contributed by atoms with Crippen LogP contribution in [0.15, 0.2) is 53.4 Å². The van der Waals surface area contributed by atoms with Gasteiger partial charge in [0.2, 0.25) is 0 Å². The van der Waals surface area contributed by atoms with E-state index in [0.29, 0.717) is 32.6 Å². The summed E-state index contributed by atoms with van der Waals surface area (Å²) in [6, 6.07) is 10.8. The smallest absolute Gasteiger partial charge is 0.370 e. The first-order chi connectivity index (χ1) is 14.1. The Morgan fingerprint density at radius 1 is 0.967 bits per heavy atom. The fourth-order valence-electron chi connectivity index (χ4n) is 3.32. The van der Waals surface area contributed by atoms with Gasteiger partial charge in [-0.3, -0.25) is 0 Å². The molecule has 0 spiro atoms. The molecule has 3 rings (SSSR count). The Hall–Kier alpha value is -2.75. The fourth-order valence-corrected chi connectivity index (χ4v) is 3.95. The molecule has 0 aliphatic carbocycles. The molecule has 0 bridgehead atoms. The Morgan fingerprint density at radius 3 is 2.27 bits per heavy atom. The first kappa shape index (κ1) is 21.9. The molecule has 0 radical (unpaired) electrons. The van der Waals surface area contributed by atoms with Gasteiger partial charge in [0.15, 0.2) is 9.84 Å². The molecule has 1 N–H and O–H groups in total. The van der Waals surface area contributed by atoms with E-state index in [1.54, 1.807) is 12.1 Å². The van der Waals surface area contributed by atoms with Crippen molar-refractivity contribution >= 4 is 27.2 Å². The number of nitrogens with zero attached hydrogens (tertiary/aromatic N) is 2. The van der Waals surface area contributed by atoms with Crippen molar-refractivity contribution in [3.8, 4) is 0 Å². The Kier molecular flexibility index (Phi) is 6.25. The second-order valence-electron chi connectivity index (χ2n) is 7.07. The van der Waals surface area contributed by atoms with Gasteiger partial charge in [-0.2, -0.15) is 13.2 Å². The van der Waals surface area contributed by atoms with Gasteiger partial charge in [-0.05, 0) is 42.8 Å². The number of amides is 2. The number of carbonyl (C=O) groups excluding carboxylic acids is 1. The van der Waals surface area contributed by atoms with Gasteiger partial charge in [-0.1, -0.05) is 12.1 Å². The van der Waals surface area contributed by atoms with E-state index in [-0.39, 0.29) is 10.6 Å². The molecule has 1 fully saturated rings. The molecule has 2 aromatic rings. The van der Waals surface area contributed by atoms with Crippen molar-refractivity contribution in [3.05, 3.63) is 54.1 Å². The van der Waals surface area contributed by atoms with Gasteiger partial charge in [0.05, 0.1) is 16.1 Å². The topological polar surface area (TPSA) is 69.7 Å². The molecular weight excluding hydrogens is 419 g/mol.